The summed E-state index contributed by atoms with van der Waals surface area (Å²) in [4.78, 5) is 11.1. The number of carbonyl (C=O) groups is 1. The van der Waals surface area contributed by atoms with Crippen molar-refractivity contribution in [1.82, 2.24) is 14.1 Å². The molecular weight excluding hydrogens is 258 g/mol. The molecule has 1 fully saturated rings. The zero-order valence-corrected chi connectivity index (χ0v) is 10.8. The van der Waals surface area contributed by atoms with E-state index in [-0.39, 0.29) is 11.6 Å². The minimum Gasteiger partial charge on any atom is -0.480 e. The highest BCUT2D eigenvalue weighted by Crippen LogP contribution is 2.25. The Morgan fingerprint density at radius 3 is 2.94 bits per heavy atom. The molecule has 1 aromatic heterocycles. The molecule has 0 amide bonds. The molecule has 2 heterocycles. The summed E-state index contributed by atoms with van der Waals surface area (Å²) < 4.78 is 27.2. The highest BCUT2D eigenvalue weighted by atomic mass is 32.2. The zero-order valence-electron chi connectivity index (χ0n) is 9.98. The smallest absolute Gasteiger partial charge is 0.322 e. The number of carboxylic acid groups (broad SMARTS) is 1. The van der Waals surface area contributed by atoms with Crippen molar-refractivity contribution >= 4 is 16.0 Å². The van der Waals surface area contributed by atoms with Crippen molar-refractivity contribution in [2.75, 3.05) is 6.54 Å². The van der Waals surface area contributed by atoms with Crippen molar-refractivity contribution in [2.24, 2.45) is 0 Å². The Hall–Kier alpha value is -1.41. The maximum Gasteiger partial charge on any atom is 0.322 e. The van der Waals surface area contributed by atoms with E-state index >= 15 is 0 Å². The van der Waals surface area contributed by atoms with Gasteiger partial charge >= 0.3 is 5.97 Å². The van der Waals surface area contributed by atoms with Crippen LogP contribution in [0.2, 0.25) is 0 Å². The van der Waals surface area contributed by atoms with Gasteiger partial charge in [-0.15, -0.1) is 0 Å². The average Bonchev–Trinajstić information content (AvgIpc) is 2.98. The van der Waals surface area contributed by atoms with Crippen molar-refractivity contribution < 1.29 is 18.3 Å². The van der Waals surface area contributed by atoms with Crippen LogP contribution < -0.4 is 0 Å². The standard InChI is InChI=1S/C10H15N3O4S/c1-2-12-9(5-6-11-12)18(16,17)13-7-3-4-8(13)10(14)15/h5-6,8H,2-4,7H2,1H3,(H,14,15)/t8-/m1/s1. The maximum absolute atomic E-state index is 12.4. The van der Waals surface area contributed by atoms with Gasteiger partial charge in [-0.05, 0) is 25.8 Å². The molecule has 100 valence electrons. The number of aliphatic carboxylic acids is 1. The van der Waals surface area contributed by atoms with E-state index in [1.807, 2.05) is 0 Å². The van der Waals surface area contributed by atoms with E-state index in [4.69, 9.17) is 5.11 Å². The van der Waals surface area contributed by atoms with Gasteiger partial charge in [0.05, 0.1) is 6.20 Å². The highest BCUT2D eigenvalue weighted by Gasteiger charge is 2.40. The van der Waals surface area contributed by atoms with E-state index in [0.29, 0.717) is 19.4 Å². The van der Waals surface area contributed by atoms with E-state index in [2.05, 4.69) is 5.10 Å². The summed E-state index contributed by atoms with van der Waals surface area (Å²) in [6, 6.07) is 0.436. The van der Waals surface area contributed by atoms with Crippen LogP contribution in [0.25, 0.3) is 0 Å². The summed E-state index contributed by atoms with van der Waals surface area (Å²) in [6.07, 6.45) is 2.33. The number of rotatable bonds is 4. The van der Waals surface area contributed by atoms with Gasteiger partial charge in [-0.25, -0.2) is 8.42 Å². The molecule has 18 heavy (non-hydrogen) atoms. The van der Waals surface area contributed by atoms with Crippen molar-refractivity contribution in [3.05, 3.63) is 12.3 Å². The van der Waals surface area contributed by atoms with Gasteiger partial charge in [0.25, 0.3) is 10.0 Å². The summed E-state index contributed by atoms with van der Waals surface area (Å²) >= 11 is 0. The second kappa shape index (κ2) is 4.69. The lowest BCUT2D eigenvalue weighted by atomic mass is 10.2. The first-order valence-electron chi connectivity index (χ1n) is 5.75. The molecule has 1 atom stereocenters. The SMILES string of the molecule is CCn1nccc1S(=O)(=O)N1CCC[C@@H]1C(=O)O. The molecule has 1 aromatic rings. The third kappa shape index (κ3) is 2.01. The fourth-order valence-electron chi connectivity index (χ4n) is 2.17. The topological polar surface area (TPSA) is 92.5 Å². The first kappa shape index (κ1) is 13.0. The molecule has 0 bridgehead atoms. The van der Waals surface area contributed by atoms with Crippen molar-refractivity contribution in [3.8, 4) is 0 Å². The molecule has 0 spiro atoms. The van der Waals surface area contributed by atoms with Gasteiger partial charge in [-0.2, -0.15) is 9.40 Å². The average molecular weight is 273 g/mol. The minimum absolute atomic E-state index is 0.0538. The lowest BCUT2D eigenvalue weighted by Gasteiger charge is -2.20. The van der Waals surface area contributed by atoms with E-state index in [9.17, 15) is 13.2 Å². The second-order valence-corrected chi connectivity index (χ2v) is 5.93. The Bertz CT molecular complexity index is 551. The molecule has 7 nitrogen and oxygen atoms in total. The van der Waals surface area contributed by atoms with Crippen LogP contribution in [-0.2, 0) is 21.4 Å². The third-order valence-corrected chi connectivity index (χ3v) is 4.97. The highest BCUT2D eigenvalue weighted by molar-refractivity contribution is 7.89. The number of aryl methyl sites for hydroxylation is 1. The first-order chi connectivity index (χ1) is 8.48. The largest absolute Gasteiger partial charge is 0.480 e. The number of carboxylic acids is 1. The summed E-state index contributed by atoms with van der Waals surface area (Å²) in [5.74, 6) is -1.10. The summed E-state index contributed by atoms with van der Waals surface area (Å²) in [7, 11) is -3.78. The molecule has 1 saturated heterocycles. The normalized spacial score (nSPS) is 21.3. The Morgan fingerprint density at radius 1 is 1.61 bits per heavy atom. The Morgan fingerprint density at radius 2 is 2.33 bits per heavy atom. The molecule has 0 aliphatic carbocycles. The molecule has 2 rings (SSSR count). The molecule has 8 heteroatoms. The minimum atomic E-state index is -3.78. The predicted molar refractivity (Wildman–Crippen MR) is 62.5 cm³/mol. The van der Waals surface area contributed by atoms with Gasteiger partial charge in [-0.3, -0.25) is 9.48 Å². The Balaban J connectivity index is 2.40. The van der Waals surface area contributed by atoms with Crippen LogP contribution in [-0.4, -0.2) is 46.2 Å². The molecular formula is C10H15N3O4S. The van der Waals surface area contributed by atoms with Gasteiger partial charge in [-0.1, -0.05) is 0 Å². The van der Waals surface area contributed by atoms with Gasteiger partial charge < -0.3 is 5.11 Å². The van der Waals surface area contributed by atoms with Crippen LogP contribution in [0, 0.1) is 0 Å². The fourth-order valence-corrected chi connectivity index (χ4v) is 3.99. The fraction of sp³-hybridized carbons (Fsp3) is 0.600. The second-order valence-electron chi connectivity index (χ2n) is 4.10. The van der Waals surface area contributed by atoms with Crippen molar-refractivity contribution in [3.63, 3.8) is 0 Å². The lowest BCUT2D eigenvalue weighted by Crippen LogP contribution is -2.41. The number of sulfonamides is 1. The van der Waals surface area contributed by atoms with Gasteiger partial charge in [0.2, 0.25) is 0 Å². The van der Waals surface area contributed by atoms with Crippen LogP contribution in [0.1, 0.15) is 19.8 Å². The molecule has 0 aromatic carbocycles. The molecule has 1 aliphatic heterocycles. The van der Waals surface area contributed by atoms with Gasteiger partial charge in [0, 0.05) is 13.1 Å². The van der Waals surface area contributed by atoms with Crippen LogP contribution in [0.3, 0.4) is 0 Å². The van der Waals surface area contributed by atoms with Crippen LogP contribution >= 0.6 is 0 Å². The number of aromatic nitrogens is 2. The third-order valence-electron chi connectivity index (χ3n) is 3.04. The predicted octanol–water partition coefficient (Wildman–Crippen LogP) is 0.141. The summed E-state index contributed by atoms with van der Waals surface area (Å²) in [6.45, 7) is 2.45. The number of hydrogen-bond donors (Lipinski definition) is 1. The van der Waals surface area contributed by atoms with E-state index in [1.165, 1.54) is 16.9 Å². The van der Waals surface area contributed by atoms with Crippen LogP contribution in [0.15, 0.2) is 17.3 Å². The first-order valence-corrected chi connectivity index (χ1v) is 7.19. The van der Waals surface area contributed by atoms with E-state index in [0.717, 1.165) is 4.31 Å². The lowest BCUT2D eigenvalue weighted by molar-refractivity contribution is -0.140. The monoisotopic (exact) mass is 273 g/mol. The summed E-state index contributed by atoms with van der Waals surface area (Å²) in [5.41, 5.74) is 0. The van der Waals surface area contributed by atoms with Crippen molar-refractivity contribution in [1.29, 1.82) is 0 Å². The maximum atomic E-state index is 12.4. The van der Waals surface area contributed by atoms with Crippen LogP contribution in [0.5, 0.6) is 0 Å². The Kier molecular flexibility index (Phi) is 3.40. The molecule has 1 N–H and O–H groups in total. The molecule has 1 aliphatic rings. The Labute approximate surface area is 105 Å². The van der Waals surface area contributed by atoms with Crippen molar-refractivity contribution in [2.45, 2.75) is 37.4 Å². The van der Waals surface area contributed by atoms with Gasteiger partial charge in [0.15, 0.2) is 5.03 Å². The summed E-state index contributed by atoms with van der Waals surface area (Å²) in [5, 5.41) is 13.0. The van der Waals surface area contributed by atoms with E-state index < -0.39 is 22.0 Å². The number of hydrogen-bond acceptors (Lipinski definition) is 4. The number of nitrogens with zero attached hydrogens (tertiary/aromatic N) is 3. The van der Waals surface area contributed by atoms with Crippen LogP contribution in [0.4, 0.5) is 0 Å². The zero-order chi connectivity index (χ0) is 13.3. The van der Waals surface area contributed by atoms with E-state index in [1.54, 1.807) is 6.92 Å². The molecule has 0 saturated carbocycles. The molecule has 0 unspecified atom stereocenters. The van der Waals surface area contributed by atoms with Gasteiger partial charge in [0.1, 0.15) is 6.04 Å². The molecule has 0 radical (unpaired) electrons. The quantitative estimate of drug-likeness (QED) is 0.842.